The maximum absolute atomic E-state index is 13.1. The molecule has 2 aromatic carbocycles. The van der Waals surface area contributed by atoms with Gasteiger partial charge in [-0.05, 0) is 56.2 Å². The van der Waals surface area contributed by atoms with Crippen molar-refractivity contribution in [1.82, 2.24) is 4.31 Å². The van der Waals surface area contributed by atoms with Crippen LogP contribution in [0.15, 0.2) is 41.3 Å². The number of carbonyl (C=O) groups is 1. The van der Waals surface area contributed by atoms with Gasteiger partial charge in [0.25, 0.3) is 5.91 Å². The number of amides is 1. The number of nitrogens with one attached hydrogen (secondary N) is 1. The fraction of sp³-hybridized carbons (Fsp3) is 0.409. The van der Waals surface area contributed by atoms with Gasteiger partial charge in [-0.1, -0.05) is 12.1 Å². The lowest BCUT2D eigenvalue weighted by molar-refractivity contribution is -0.122. The molecule has 0 aromatic heterocycles. The average molecular weight is 449 g/mol. The number of hydrogen-bond donors (Lipinski definition) is 1. The van der Waals surface area contributed by atoms with Gasteiger partial charge in [-0.15, -0.1) is 0 Å². The second-order valence-electron chi connectivity index (χ2n) is 7.33. The van der Waals surface area contributed by atoms with Crippen LogP contribution < -0.4 is 14.8 Å². The second-order valence-corrected chi connectivity index (χ2v) is 9.24. The predicted molar refractivity (Wildman–Crippen MR) is 117 cm³/mol. The zero-order chi connectivity index (χ0) is 22.6. The van der Waals surface area contributed by atoms with Crippen LogP contribution in [0.25, 0.3) is 0 Å². The van der Waals surface area contributed by atoms with Gasteiger partial charge < -0.3 is 19.5 Å². The van der Waals surface area contributed by atoms with Gasteiger partial charge in [-0.2, -0.15) is 4.31 Å². The van der Waals surface area contributed by atoms with Crippen LogP contribution in [0, 0.1) is 13.8 Å². The van der Waals surface area contributed by atoms with Crippen molar-refractivity contribution in [1.29, 1.82) is 0 Å². The molecule has 1 aliphatic rings. The van der Waals surface area contributed by atoms with Gasteiger partial charge in [0.1, 0.15) is 16.4 Å². The molecule has 3 rings (SSSR count). The van der Waals surface area contributed by atoms with E-state index in [2.05, 4.69) is 5.32 Å². The first-order valence-electron chi connectivity index (χ1n) is 10.0. The average Bonchev–Trinajstić information content (AvgIpc) is 2.77. The second kappa shape index (κ2) is 9.67. The normalized spacial score (nSPS) is 15.9. The number of sulfonamides is 1. The molecule has 31 heavy (non-hydrogen) atoms. The molecular weight excluding hydrogens is 420 g/mol. The van der Waals surface area contributed by atoms with E-state index in [0.29, 0.717) is 24.7 Å². The smallest absolute Gasteiger partial charge is 0.265 e. The summed E-state index contributed by atoms with van der Waals surface area (Å²) in [7, 11) is -2.39. The molecule has 8 nitrogen and oxygen atoms in total. The molecule has 1 fully saturated rings. The van der Waals surface area contributed by atoms with Gasteiger partial charge in [0, 0.05) is 18.8 Å². The molecule has 9 heteroatoms. The number of rotatable bonds is 7. The van der Waals surface area contributed by atoms with Gasteiger partial charge >= 0.3 is 0 Å². The van der Waals surface area contributed by atoms with E-state index in [1.165, 1.54) is 23.5 Å². The van der Waals surface area contributed by atoms with E-state index < -0.39 is 16.1 Å². The molecule has 0 spiro atoms. The number of morpholine rings is 1. The lowest BCUT2D eigenvalue weighted by Gasteiger charge is -2.27. The van der Waals surface area contributed by atoms with Crippen molar-refractivity contribution in [2.45, 2.75) is 31.8 Å². The maximum atomic E-state index is 13.1. The van der Waals surface area contributed by atoms with E-state index in [4.69, 9.17) is 14.2 Å². The van der Waals surface area contributed by atoms with Crippen molar-refractivity contribution in [3.63, 3.8) is 0 Å². The Balaban J connectivity index is 1.79. The first kappa shape index (κ1) is 23.1. The number of benzene rings is 2. The minimum atomic E-state index is -3.80. The highest BCUT2D eigenvalue weighted by molar-refractivity contribution is 7.89. The van der Waals surface area contributed by atoms with Crippen LogP contribution in [0.2, 0.25) is 0 Å². The van der Waals surface area contributed by atoms with Crippen molar-refractivity contribution in [3.8, 4) is 11.5 Å². The Morgan fingerprint density at radius 1 is 1.13 bits per heavy atom. The van der Waals surface area contributed by atoms with Crippen LogP contribution in [0.5, 0.6) is 11.5 Å². The summed E-state index contributed by atoms with van der Waals surface area (Å²) in [6.07, 6.45) is -0.776. The monoisotopic (exact) mass is 448 g/mol. The Hall–Kier alpha value is -2.62. The summed E-state index contributed by atoms with van der Waals surface area (Å²) in [6.45, 7) is 6.76. The topological polar surface area (TPSA) is 94.2 Å². The number of ether oxygens (including phenoxy) is 3. The zero-order valence-electron chi connectivity index (χ0n) is 18.2. The number of carbonyl (C=O) groups excluding carboxylic acids is 1. The van der Waals surface area contributed by atoms with Gasteiger partial charge in [0.15, 0.2) is 6.10 Å². The maximum Gasteiger partial charge on any atom is 0.265 e. The molecule has 0 aliphatic carbocycles. The summed E-state index contributed by atoms with van der Waals surface area (Å²) >= 11 is 0. The Kier molecular flexibility index (Phi) is 7.19. The predicted octanol–water partition coefficient (Wildman–Crippen LogP) is 2.74. The molecule has 1 saturated heterocycles. The number of nitrogens with zero attached hydrogens (tertiary/aromatic N) is 1. The molecule has 1 N–H and O–H groups in total. The molecule has 1 atom stereocenters. The van der Waals surface area contributed by atoms with Gasteiger partial charge in [0.2, 0.25) is 10.0 Å². The molecule has 2 aromatic rings. The van der Waals surface area contributed by atoms with Crippen molar-refractivity contribution < 1.29 is 27.4 Å². The Morgan fingerprint density at radius 3 is 2.52 bits per heavy atom. The molecule has 168 valence electrons. The molecular formula is C22H28N2O6S. The minimum Gasteiger partial charge on any atom is -0.495 e. The summed E-state index contributed by atoms with van der Waals surface area (Å²) in [6, 6.07) is 10.2. The molecule has 0 saturated carbocycles. The highest BCUT2D eigenvalue weighted by atomic mass is 32.2. The van der Waals surface area contributed by atoms with E-state index in [0.717, 1.165) is 11.1 Å². The number of anilines is 1. The van der Waals surface area contributed by atoms with E-state index in [1.54, 1.807) is 13.0 Å². The molecule has 1 amide bonds. The lowest BCUT2D eigenvalue weighted by atomic mass is 10.1. The van der Waals surface area contributed by atoms with E-state index in [1.807, 2.05) is 32.0 Å². The van der Waals surface area contributed by atoms with E-state index >= 15 is 0 Å². The van der Waals surface area contributed by atoms with Crippen LogP contribution >= 0.6 is 0 Å². The highest BCUT2D eigenvalue weighted by Gasteiger charge is 2.30. The standard InChI is InChI=1S/C22H28N2O6S/c1-15-6-5-7-19(16(15)2)30-17(3)22(25)23-18-8-9-20(28-4)21(14-18)31(26,27)24-10-12-29-13-11-24/h5-9,14,17H,10-13H2,1-4H3,(H,23,25)/t17-/m0/s1. The van der Waals surface area contributed by atoms with Gasteiger partial charge in [0.05, 0.1) is 20.3 Å². The summed E-state index contributed by atoms with van der Waals surface area (Å²) in [5.41, 5.74) is 2.37. The fourth-order valence-electron chi connectivity index (χ4n) is 3.22. The van der Waals surface area contributed by atoms with Crippen molar-refractivity contribution in [2.75, 3.05) is 38.7 Å². The van der Waals surface area contributed by atoms with Crippen molar-refractivity contribution >= 4 is 21.6 Å². The SMILES string of the molecule is COc1ccc(NC(=O)[C@H](C)Oc2cccc(C)c2C)cc1S(=O)(=O)N1CCOCC1. The molecule has 1 aliphatic heterocycles. The van der Waals surface area contributed by atoms with Crippen LogP contribution in [-0.4, -0.2) is 58.1 Å². The fourth-order valence-corrected chi connectivity index (χ4v) is 4.81. The van der Waals surface area contributed by atoms with Crippen LogP contribution in [0.1, 0.15) is 18.1 Å². The Labute approximate surface area is 183 Å². The number of aryl methyl sites for hydroxylation is 1. The first-order valence-corrected chi connectivity index (χ1v) is 11.5. The van der Waals surface area contributed by atoms with Crippen LogP contribution in [0.3, 0.4) is 0 Å². The van der Waals surface area contributed by atoms with Gasteiger partial charge in [-0.25, -0.2) is 8.42 Å². The molecule has 0 bridgehead atoms. The molecule has 1 heterocycles. The minimum absolute atomic E-state index is 0.00204. The van der Waals surface area contributed by atoms with Crippen LogP contribution in [-0.2, 0) is 19.6 Å². The third-order valence-corrected chi connectivity index (χ3v) is 7.17. The first-order chi connectivity index (χ1) is 14.7. The Bertz CT molecular complexity index is 1050. The number of methoxy groups -OCH3 is 1. The molecule has 0 unspecified atom stereocenters. The lowest BCUT2D eigenvalue weighted by Crippen LogP contribution is -2.40. The van der Waals surface area contributed by atoms with Crippen molar-refractivity contribution in [2.24, 2.45) is 0 Å². The van der Waals surface area contributed by atoms with E-state index in [9.17, 15) is 13.2 Å². The van der Waals surface area contributed by atoms with Gasteiger partial charge in [-0.3, -0.25) is 4.79 Å². The summed E-state index contributed by atoms with van der Waals surface area (Å²) < 4.78 is 43.9. The summed E-state index contributed by atoms with van der Waals surface area (Å²) in [4.78, 5) is 12.7. The van der Waals surface area contributed by atoms with E-state index in [-0.39, 0.29) is 29.6 Å². The summed E-state index contributed by atoms with van der Waals surface area (Å²) in [5, 5.41) is 2.74. The summed E-state index contributed by atoms with van der Waals surface area (Å²) in [5.74, 6) is 0.456. The highest BCUT2D eigenvalue weighted by Crippen LogP contribution is 2.30. The zero-order valence-corrected chi connectivity index (χ0v) is 19.0. The largest absolute Gasteiger partial charge is 0.495 e. The third-order valence-electron chi connectivity index (χ3n) is 5.25. The molecule has 0 radical (unpaired) electrons. The number of hydrogen-bond acceptors (Lipinski definition) is 6. The van der Waals surface area contributed by atoms with Crippen molar-refractivity contribution in [3.05, 3.63) is 47.5 Å². The third kappa shape index (κ3) is 5.17. The quantitative estimate of drug-likeness (QED) is 0.700. The van der Waals surface area contributed by atoms with Crippen LogP contribution in [0.4, 0.5) is 5.69 Å². The Morgan fingerprint density at radius 2 is 1.84 bits per heavy atom.